The molecular weight excluding hydrogens is 525 g/mol. The van der Waals surface area contributed by atoms with Gasteiger partial charge >= 0.3 is 0 Å². The molecule has 4 rings (SSSR count). The van der Waals surface area contributed by atoms with Gasteiger partial charge in [-0.1, -0.05) is 45.0 Å². The SMILES string of the molecule is CNC(C)C(=O)NC(C(=O)N1CCCC1C[NH+](CCc1ccc(F)cc1)C(O)c1nc2ccccc2o1)C(C)(C)C. The number of likely N-dealkylation sites (tertiary alicyclic amines) is 1. The fourth-order valence-corrected chi connectivity index (χ4v) is 5.34. The second kappa shape index (κ2) is 13.1. The van der Waals surface area contributed by atoms with E-state index in [2.05, 4.69) is 15.6 Å². The molecule has 10 heteroatoms. The molecule has 0 spiro atoms. The molecule has 1 saturated heterocycles. The van der Waals surface area contributed by atoms with E-state index < -0.39 is 23.7 Å². The zero-order valence-corrected chi connectivity index (χ0v) is 24.6. The Morgan fingerprint density at radius 2 is 1.90 bits per heavy atom. The lowest BCUT2D eigenvalue weighted by molar-refractivity contribution is -0.957. The van der Waals surface area contributed by atoms with Crippen LogP contribution in [0.3, 0.4) is 0 Å². The van der Waals surface area contributed by atoms with Crippen molar-refractivity contribution in [1.29, 1.82) is 0 Å². The molecule has 5 atom stereocenters. The molecule has 1 aliphatic heterocycles. The molecule has 0 radical (unpaired) electrons. The number of amides is 2. The number of halogens is 1. The Hall–Kier alpha value is -3.34. The third kappa shape index (κ3) is 7.49. The van der Waals surface area contributed by atoms with Gasteiger partial charge in [-0.15, -0.1) is 0 Å². The van der Waals surface area contributed by atoms with Crippen LogP contribution in [0.25, 0.3) is 11.1 Å². The molecule has 3 aromatic rings. The lowest BCUT2D eigenvalue weighted by Gasteiger charge is -2.37. The number of nitrogens with one attached hydrogen (secondary N) is 3. The number of hydrogen-bond donors (Lipinski definition) is 4. The van der Waals surface area contributed by atoms with Crippen LogP contribution in [-0.2, 0) is 16.0 Å². The second-order valence-electron chi connectivity index (χ2n) is 12.1. The molecule has 1 fully saturated rings. The van der Waals surface area contributed by atoms with Gasteiger partial charge in [0.25, 0.3) is 12.1 Å². The number of quaternary nitrogens is 1. The van der Waals surface area contributed by atoms with Gasteiger partial charge in [0.05, 0.1) is 18.6 Å². The Morgan fingerprint density at radius 3 is 2.56 bits per heavy atom. The molecule has 2 aromatic carbocycles. The van der Waals surface area contributed by atoms with Gasteiger partial charge in [0.1, 0.15) is 23.9 Å². The lowest BCUT2D eigenvalue weighted by Crippen LogP contribution is -3.14. The smallest absolute Gasteiger partial charge is 0.285 e. The van der Waals surface area contributed by atoms with Gasteiger partial charge in [0.15, 0.2) is 5.58 Å². The monoisotopic (exact) mass is 568 g/mol. The Kier molecular flexibility index (Phi) is 9.78. The Bertz CT molecular complexity index is 1290. The van der Waals surface area contributed by atoms with Crippen molar-refractivity contribution in [2.24, 2.45) is 5.41 Å². The van der Waals surface area contributed by atoms with Crippen molar-refractivity contribution in [1.82, 2.24) is 20.5 Å². The maximum atomic E-state index is 14.0. The highest BCUT2D eigenvalue weighted by Crippen LogP contribution is 2.26. The molecule has 222 valence electrons. The summed E-state index contributed by atoms with van der Waals surface area (Å²) in [5, 5.41) is 17.4. The second-order valence-corrected chi connectivity index (χ2v) is 12.1. The van der Waals surface area contributed by atoms with Crippen molar-refractivity contribution in [2.45, 2.75) is 71.3 Å². The van der Waals surface area contributed by atoms with Gasteiger partial charge in [-0.05, 0) is 62.1 Å². The van der Waals surface area contributed by atoms with E-state index in [4.69, 9.17) is 4.42 Å². The number of aromatic nitrogens is 1. The Balaban J connectivity index is 1.56. The fraction of sp³-hybridized carbons (Fsp3) is 0.516. The quantitative estimate of drug-likeness (QED) is 0.264. The highest BCUT2D eigenvalue weighted by atomic mass is 19.1. The van der Waals surface area contributed by atoms with Crippen LogP contribution in [0.1, 0.15) is 58.2 Å². The number of hydrogen-bond acceptors (Lipinski definition) is 6. The van der Waals surface area contributed by atoms with E-state index in [1.807, 2.05) is 49.9 Å². The zero-order chi connectivity index (χ0) is 29.7. The van der Waals surface area contributed by atoms with Gasteiger partial charge in [-0.25, -0.2) is 9.37 Å². The molecule has 1 aliphatic rings. The minimum atomic E-state index is -1.06. The van der Waals surface area contributed by atoms with Gasteiger partial charge in [-0.3, -0.25) is 14.5 Å². The van der Waals surface area contributed by atoms with E-state index in [-0.39, 0.29) is 29.6 Å². The maximum Gasteiger partial charge on any atom is 0.285 e. The van der Waals surface area contributed by atoms with Crippen LogP contribution in [0.4, 0.5) is 4.39 Å². The first-order chi connectivity index (χ1) is 19.5. The Labute approximate surface area is 241 Å². The molecular formula is C31H43FN5O4+. The topological polar surface area (TPSA) is 112 Å². The number of nitrogens with zero attached hydrogens (tertiary/aromatic N) is 2. The van der Waals surface area contributed by atoms with Gasteiger partial charge in [-0.2, -0.15) is 0 Å². The number of para-hydroxylation sites is 2. The van der Waals surface area contributed by atoms with Crippen molar-refractivity contribution in [3.63, 3.8) is 0 Å². The van der Waals surface area contributed by atoms with Gasteiger partial charge < -0.3 is 25.1 Å². The first-order valence-corrected chi connectivity index (χ1v) is 14.4. The summed E-state index contributed by atoms with van der Waals surface area (Å²) in [6.45, 7) is 9.16. The molecule has 9 nitrogen and oxygen atoms in total. The number of benzene rings is 2. The molecule has 0 bridgehead atoms. The van der Waals surface area contributed by atoms with Crippen LogP contribution in [0, 0.1) is 11.2 Å². The summed E-state index contributed by atoms with van der Waals surface area (Å²) < 4.78 is 19.4. The van der Waals surface area contributed by atoms with E-state index in [0.29, 0.717) is 37.2 Å². The molecule has 0 saturated carbocycles. The van der Waals surface area contributed by atoms with E-state index in [0.717, 1.165) is 23.3 Å². The first-order valence-electron chi connectivity index (χ1n) is 14.4. The van der Waals surface area contributed by atoms with Crippen LogP contribution < -0.4 is 15.5 Å². The highest BCUT2D eigenvalue weighted by molar-refractivity contribution is 5.90. The minimum Gasteiger partial charge on any atom is -0.433 e. The van der Waals surface area contributed by atoms with E-state index >= 15 is 0 Å². The lowest BCUT2D eigenvalue weighted by atomic mass is 9.85. The normalized spacial score (nSPS) is 18.7. The van der Waals surface area contributed by atoms with Crippen LogP contribution in [-0.4, -0.2) is 71.6 Å². The summed E-state index contributed by atoms with van der Waals surface area (Å²) in [5.41, 5.74) is 1.70. The van der Waals surface area contributed by atoms with Crippen molar-refractivity contribution in [3.8, 4) is 0 Å². The van der Waals surface area contributed by atoms with Crippen molar-refractivity contribution in [3.05, 3.63) is 65.8 Å². The van der Waals surface area contributed by atoms with Crippen LogP contribution in [0.5, 0.6) is 0 Å². The van der Waals surface area contributed by atoms with Crippen LogP contribution in [0.15, 0.2) is 52.9 Å². The molecule has 5 unspecified atom stereocenters. The summed E-state index contributed by atoms with van der Waals surface area (Å²) in [6.07, 6.45) is 1.15. The van der Waals surface area contributed by atoms with Gasteiger partial charge in [0, 0.05) is 13.0 Å². The number of carbonyl (C=O) groups excluding carboxylic acids is 2. The van der Waals surface area contributed by atoms with E-state index in [1.54, 1.807) is 26.1 Å². The predicted octanol–water partition coefficient (Wildman–Crippen LogP) is 2.22. The summed E-state index contributed by atoms with van der Waals surface area (Å²) >= 11 is 0. The summed E-state index contributed by atoms with van der Waals surface area (Å²) in [5.74, 6) is -0.424. The number of aliphatic hydroxyl groups excluding tert-OH is 1. The van der Waals surface area contributed by atoms with E-state index in [1.165, 1.54) is 12.1 Å². The van der Waals surface area contributed by atoms with Gasteiger partial charge in [0.2, 0.25) is 11.8 Å². The largest absolute Gasteiger partial charge is 0.433 e. The average Bonchev–Trinajstić information content (AvgIpc) is 3.60. The number of aliphatic hydroxyl groups is 1. The molecule has 1 aromatic heterocycles. The number of oxazole rings is 1. The first kappa shape index (κ1) is 30.6. The molecule has 4 N–H and O–H groups in total. The maximum absolute atomic E-state index is 14.0. The van der Waals surface area contributed by atoms with Crippen molar-refractivity contribution in [2.75, 3.05) is 26.7 Å². The van der Waals surface area contributed by atoms with E-state index in [9.17, 15) is 19.1 Å². The standard InChI is InChI=1S/C31H42FN5O4/c1-20(33-5)27(38)35-26(31(2,3)4)29(39)37-17-8-9-23(37)19-36(18-16-21-12-14-22(32)15-13-21)30(40)28-34-24-10-6-7-11-25(24)41-28/h6-7,10-15,20,23,26,30,33,40H,8-9,16-19H2,1-5H3,(H,35,38)/p+1. The average molecular weight is 569 g/mol. The van der Waals surface area contributed by atoms with Crippen LogP contribution in [0.2, 0.25) is 0 Å². The van der Waals surface area contributed by atoms with Crippen molar-refractivity contribution >= 4 is 22.9 Å². The highest BCUT2D eigenvalue weighted by Gasteiger charge is 2.42. The third-order valence-corrected chi connectivity index (χ3v) is 7.96. The number of likely N-dealkylation sites (N-methyl/N-ethyl adjacent to an activating group) is 1. The molecule has 0 aliphatic carbocycles. The fourth-order valence-electron chi connectivity index (χ4n) is 5.34. The summed E-state index contributed by atoms with van der Waals surface area (Å²) in [4.78, 5) is 33.9. The predicted molar refractivity (Wildman–Crippen MR) is 154 cm³/mol. The Morgan fingerprint density at radius 1 is 1.20 bits per heavy atom. The number of fused-ring (bicyclic) bond motifs is 1. The number of carbonyl (C=O) groups is 2. The van der Waals surface area contributed by atoms with Crippen LogP contribution >= 0.6 is 0 Å². The minimum absolute atomic E-state index is 0.120. The zero-order valence-electron chi connectivity index (χ0n) is 24.6. The third-order valence-electron chi connectivity index (χ3n) is 7.96. The molecule has 2 amide bonds. The molecule has 2 heterocycles. The summed E-state index contributed by atoms with van der Waals surface area (Å²) in [6, 6.07) is 12.4. The molecule has 41 heavy (non-hydrogen) atoms. The summed E-state index contributed by atoms with van der Waals surface area (Å²) in [7, 11) is 1.71. The number of rotatable bonds is 11. The van der Waals surface area contributed by atoms with Crippen molar-refractivity contribution < 1.29 is 28.4 Å².